The van der Waals surface area contributed by atoms with Crippen molar-refractivity contribution in [2.24, 2.45) is 10.9 Å². The minimum absolute atomic E-state index is 0. The molecule has 152 valence electrons. The number of ether oxygens (including phenoxy) is 2. The normalized spacial score (nSPS) is 17.0. The minimum atomic E-state index is -0.184. The van der Waals surface area contributed by atoms with Crippen LogP contribution in [-0.4, -0.2) is 56.2 Å². The maximum atomic E-state index is 11.6. The number of hydrogen-bond donors (Lipinski definition) is 1. The molecule has 1 aliphatic heterocycles. The Kier molecular flexibility index (Phi) is 11.3. The highest BCUT2D eigenvalue weighted by Crippen LogP contribution is 2.17. The molecule has 0 saturated carbocycles. The maximum Gasteiger partial charge on any atom is 0.307 e. The molecule has 0 radical (unpaired) electrons. The van der Waals surface area contributed by atoms with Gasteiger partial charge in [-0.3, -0.25) is 9.79 Å². The van der Waals surface area contributed by atoms with Crippen molar-refractivity contribution in [2.45, 2.75) is 39.4 Å². The lowest BCUT2D eigenvalue weighted by Crippen LogP contribution is -2.41. The second-order valence-electron chi connectivity index (χ2n) is 6.86. The molecule has 1 fully saturated rings. The van der Waals surface area contributed by atoms with Crippen molar-refractivity contribution in [3.8, 4) is 0 Å². The van der Waals surface area contributed by atoms with Gasteiger partial charge in [-0.05, 0) is 25.8 Å². The number of carbonyl (C=O) groups is 1. The van der Waals surface area contributed by atoms with Crippen molar-refractivity contribution in [3.63, 3.8) is 0 Å². The van der Waals surface area contributed by atoms with Gasteiger partial charge in [0, 0.05) is 32.6 Å². The predicted octanol–water partition coefficient (Wildman–Crippen LogP) is 3.06. The first-order chi connectivity index (χ1) is 12.6. The van der Waals surface area contributed by atoms with Crippen LogP contribution in [0, 0.1) is 5.92 Å². The second-order valence-corrected chi connectivity index (χ2v) is 6.86. The Morgan fingerprint density at radius 1 is 1.33 bits per heavy atom. The van der Waals surface area contributed by atoms with Gasteiger partial charge in [-0.1, -0.05) is 30.3 Å². The molecule has 1 aromatic carbocycles. The Balaban J connectivity index is 0.00000364. The summed E-state index contributed by atoms with van der Waals surface area (Å²) in [5.41, 5.74) is 1.20. The first-order valence-electron chi connectivity index (χ1n) is 9.35. The van der Waals surface area contributed by atoms with Gasteiger partial charge in [-0.2, -0.15) is 0 Å². The molecule has 1 unspecified atom stereocenters. The Labute approximate surface area is 179 Å². The molecule has 0 bridgehead atoms. The molecule has 0 aromatic heterocycles. The van der Waals surface area contributed by atoms with Crippen molar-refractivity contribution < 1.29 is 14.3 Å². The van der Waals surface area contributed by atoms with E-state index in [1.165, 1.54) is 5.56 Å². The lowest BCUT2D eigenvalue weighted by Gasteiger charge is -2.21. The molecule has 6 nitrogen and oxygen atoms in total. The SMILES string of the molecule is CN=C(NCCC(=O)OC(C)C)N1CCC(COCc2ccccc2)C1.I. The van der Waals surface area contributed by atoms with Gasteiger partial charge in [0.1, 0.15) is 0 Å². The quantitative estimate of drug-likeness (QED) is 0.263. The van der Waals surface area contributed by atoms with E-state index in [0.29, 0.717) is 25.5 Å². The molecule has 1 N–H and O–H groups in total. The molecule has 1 saturated heterocycles. The van der Waals surface area contributed by atoms with E-state index in [1.54, 1.807) is 7.05 Å². The van der Waals surface area contributed by atoms with E-state index < -0.39 is 0 Å². The van der Waals surface area contributed by atoms with E-state index in [2.05, 4.69) is 27.3 Å². The second kappa shape index (κ2) is 12.9. The summed E-state index contributed by atoms with van der Waals surface area (Å²) < 4.78 is 11.0. The van der Waals surface area contributed by atoms with Crippen molar-refractivity contribution in [1.29, 1.82) is 0 Å². The highest BCUT2D eigenvalue weighted by Gasteiger charge is 2.25. The molecule has 2 rings (SSSR count). The van der Waals surface area contributed by atoms with Crippen LogP contribution in [0.4, 0.5) is 0 Å². The zero-order valence-electron chi connectivity index (χ0n) is 16.5. The van der Waals surface area contributed by atoms with Crippen LogP contribution in [0.25, 0.3) is 0 Å². The molecule has 0 spiro atoms. The van der Waals surface area contributed by atoms with Gasteiger partial charge < -0.3 is 19.7 Å². The van der Waals surface area contributed by atoms with Crippen LogP contribution in [0.2, 0.25) is 0 Å². The molecule has 1 atom stereocenters. The number of nitrogens with one attached hydrogen (secondary N) is 1. The van der Waals surface area contributed by atoms with Crippen LogP contribution in [-0.2, 0) is 20.9 Å². The number of esters is 1. The number of rotatable bonds is 8. The van der Waals surface area contributed by atoms with E-state index >= 15 is 0 Å². The first-order valence-corrected chi connectivity index (χ1v) is 9.35. The van der Waals surface area contributed by atoms with Gasteiger partial charge in [-0.25, -0.2) is 0 Å². The van der Waals surface area contributed by atoms with E-state index in [-0.39, 0.29) is 36.0 Å². The predicted molar refractivity (Wildman–Crippen MR) is 118 cm³/mol. The number of benzene rings is 1. The lowest BCUT2D eigenvalue weighted by atomic mass is 10.1. The molecule has 1 heterocycles. The van der Waals surface area contributed by atoms with Crippen LogP contribution in [0.3, 0.4) is 0 Å². The van der Waals surface area contributed by atoms with Crippen molar-refractivity contribution in [1.82, 2.24) is 10.2 Å². The molecule has 1 aromatic rings. The number of carbonyl (C=O) groups excluding carboxylic acids is 1. The molecule has 27 heavy (non-hydrogen) atoms. The summed E-state index contributed by atoms with van der Waals surface area (Å²) >= 11 is 0. The van der Waals surface area contributed by atoms with E-state index in [1.807, 2.05) is 32.0 Å². The average molecular weight is 489 g/mol. The minimum Gasteiger partial charge on any atom is -0.463 e. The summed E-state index contributed by atoms with van der Waals surface area (Å²) in [7, 11) is 1.77. The van der Waals surface area contributed by atoms with Crippen LogP contribution in [0.15, 0.2) is 35.3 Å². The fourth-order valence-corrected chi connectivity index (χ4v) is 3.01. The fraction of sp³-hybridized carbons (Fsp3) is 0.600. The fourth-order valence-electron chi connectivity index (χ4n) is 3.01. The number of aliphatic imine (C=N–C) groups is 1. The van der Waals surface area contributed by atoms with E-state index in [0.717, 1.165) is 32.1 Å². The maximum absolute atomic E-state index is 11.6. The standard InChI is InChI=1S/C20H31N3O3.HI/c1-16(2)26-19(24)9-11-22-20(21-3)23-12-10-18(13-23)15-25-14-17-7-5-4-6-8-17;/h4-8,16,18H,9-15H2,1-3H3,(H,21,22);1H. The van der Waals surface area contributed by atoms with Crippen molar-refractivity contribution in [3.05, 3.63) is 35.9 Å². The van der Waals surface area contributed by atoms with Crippen LogP contribution in [0.1, 0.15) is 32.3 Å². The highest BCUT2D eigenvalue weighted by atomic mass is 127. The number of likely N-dealkylation sites (tertiary alicyclic amines) is 1. The van der Waals surface area contributed by atoms with Gasteiger partial charge in [-0.15, -0.1) is 24.0 Å². The molecule has 0 amide bonds. The van der Waals surface area contributed by atoms with Gasteiger partial charge >= 0.3 is 5.97 Å². The molecule has 1 aliphatic rings. The monoisotopic (exact) mass is 489 g/mol. The number of halogens is 1. The third kappa shape index (κ3) is 8.92. The average Bonchev–Trinajstić information content (AvgIpc) is 3.08. The Morgan fingerprint density at radius 3 is 2.74 bits per heavy atom. The third-order valence-electron chi connectivity index (χ3n) is 4.24. The van der Waals surface area contributed by atoms with Crippen molar-refractivity contribution >= 4 is 35.9 Å². The number of guanidine groups is 1. The zero-order chi connectivity index (χ0) is 18.8. The first kappa shape index (κ1) is 23.7. The summed E-state index contributed by atoms with van der Waals surface area (Å²) in [4.78, 5) is 18.2. The smallest absolute Gasteiger partial charge is 0.307 e. The summed E-state index contributed by atoms with van der Waals surface area (Å²) in [6.45, 7) is 7.53. The number of nitrogens with zero attached hydrogens (tertiary/aromatic N) is 2. The van der Waals surface area contributed by atoms with Crippen LogP contribution >= 0.6 is 24.0 Å². The van der Waals surface area contributed by atoms with Gasteiger partial charge in [0.2, 0.25) is 0 Å². The molecular weight excluding hydrogens is 457 g/mol. The van der Waals surface area contributed by atoms with E-state index in [4.69, 9.17) is 9.47 Å². The summed E-state index contributed by atoms with van der Waals surface area (Å²) in [5.74, 6) is 1.16. The molecule has 0 aliphatic carbocycles. The lowest BCUT2D eigenvalue weighted by molar-refractivity contribution is -0.147. The Hall–Kier alpha value is -1.35. The molecule has 7 heteroatoms. The summed E-state index contributed by atoms with van der Waals surface area (Å²) in [5, 5.41) is 3.25. The van der Waals surface area contributed by atoms with Crippen LogP contribution in [0.5, 0.6) is 0 Å². The Bertz CT molecular complexity index is 581. The van der Waals surface area contributed by atoms with Crippen LogP contribution < -0.4 is 5.32 Å². The molecular formula is C20H32IN3O3. The number of hydrogen-bond acceptors (Lipinski definition) is 4. The van der Waals surface area contributed by atoms with Crippen molar-refractivity contribution in [2.75, 3.05) is 33.3 Å². The Morgan fingerprint density at radius 2 is 2.07 bits per heavy atom. The van der Waals surface area contributed by atoms with Gasteiger partial charge in [0.25, 0.3) is 0 Å². The zero-order valence-corrected chi connectivity index (χ0v) is 18.8. The van der Waals surface area contributed by atoms with Gasteiger partial charge in [0.05, 0.1) is 25.7 Å². The summed E-state index contributed by atoms with van der Waals surface area (Å²) in [6.07, 6.45) is 1.36. The largest absolute Gasteiger partial charge is 0.463 e. The highest BCUT2D eigenvalue weighted by molar-refractivity contribution is 14.0. The van der Waals surface area contributed by atoms with Gasteiger partial charge in [0.15, 0.2) is 5.96 Å². The van der Waals surface area contributed by atoms with E-state index in [9.17, 15) is 4.79 Å². The third-order valence-corrected chi connectivity index (χ3v) is 4.24. The topological polar surface area (TPSA) is 63.2 Å². The summed E-state index contributed by atoms with van der Waals surface area (Å²) in [6, 6.07) is 10.2.